The number of rotatable bonds is 10. The van der Waals surface area contributed by atoms with Crippen LogP contribution in [0.4, 0.5) is 30.7 Å². The first kappa shape index (κ1) is 31.9. The minimum absolute atomic E-state index is 0.00911. The number of alkyl halides is 6. The molecule has 0 heterocycles. The zero-order valence-electron chi connectivity index (χ0n) is 19.7. The van der Waals surface area contributed by atoms with Gasteiger partial charge in [0, 0.05) is 29.8 Å². The van der Waals surface area contributed by atoms with Gasteiger partial charge in [-0.1, -0.05) is 44.4 Å². The zero-order valence-corrected chi connectivity index (χ0v) is 19.7. The van der Waals surface area contributed by atoms with E-state index >= 15 is 0 Å². The highest BCUT2D eigenvalue weighted by Crippen LogP contribution is 2.27. The fraction of sp³-hybridized carbons (Fsp3) is 0.391. The number of hydrogen-bond donors (Lipinski definition) is 3. The van der Waals surface area contributed by atoms with Crippen LogP contribution < -0.4 is 16.0 Å². The summed E-state index contributed by atoms with van der Waals surface area (Å²) in [6.07, 6.45) is -2.77. The Morgan fingerprint density at radius 2 is 1.60 bits per heavy atom. The Bertz CT molecular complexity index is 897. The van der Waals surface area contributed by atoms with Crippen molar-refractivity contribution in [2.75, 3.05) is 7.05 Å². The SMILES string of the molecule is C=C(/C=C\C=C\C(F)(F)F)N/C(=N/C(=O)/C=C/C=C(/C)C(=C)F)NC(C)C(C)C(NC)C(F)(F)F. The highest BCUT2D eigenvalue weighted by molar-refractivity contribution is 5.99. The lowest BCUT2D eigenvalue weighted by atomic mass is 9.94. The Morgan fingerprint density at radius 1 is 1.00 bits per heavy atom. The highest BCUT2D eigenvalue weighted by atomic mass is 19.4. The van der Waals surface area contributed by atoms with E-state index in [1.54, 1.807) is 0 Å². The van der Waals surface area contributed by atoms with E-state index in [0.29, 0.717) is 6.08 Å². The third-order valence-corrected chi connectivity index (χ3v) is 4.55. The molecule has 0 bridgehead atoms. The number of nitrogens with one attached hydrogen (secondary N) is 3. The van der Waals surface area contributed by atoms with Crippen LogP contribution in [0.1, 0.15) is 20.8 Å². The standard InChI is InChI=1S/C23H29F7N4O/c1-14(17(4)24)10-9-12-19(35)34-21(32-15(2)11-7-8-13-22(25,26)27)33-18(5)16(3)20(31-6)23(28,29)30/h7-13,16,18,20,31H,2,4H2,1,3,5-6H3,(H2,32,33,34,35)/b11-7-,12-9+,13-8+,14-10-. The summed E-state index contributed by atoms with van der Waals surface area (Å²) < 4.78 is 89.3. The average molecular weight is 510 g/mol. The van der Waals surface area contributed by atoms with Crippen molar-refractivity contribution < 1.29 is 35.5 Å². The molecule has 1 amide bonds. The summed E-state index contributed by atoms with van der Waals surface area (Å²) in [5.74, 6) is -2.88. The summed E-state index contributed by atoms with van der Waals surface area (Å²) in [5.41, 5.74) is 0.151. The van der Waals surface area contributed by atoms with Crippen molar-refractivity contribution in [2.24, 2.45) is 10.9 Å². The first-order chi connectivity index (χ1) is 16.0. The molecule has 0 aromatic rings. The predicted octanol–water partition coefficient (Wildman–Crippen LogP) is 5.40. The van der Waals surface area contributed by atoms with E-state index in [1.807, 2.05) is 0 Å². The molecule has 0 aromatic carbocycles. The molecule has 12 heteroatoms. The summed E-state index contributed by atoms with van der Waals surface area (Å²) in [7, 11) is 1.16. The molecule has 0 rings (SSSR count). The molecule has 0 saturated carbocycles. The molecule has 3 unspecified atom stereocenters. The average Bonchev–Trinajstić information content (AvgIpc) is 2.69. The Balaban J connectivity index is 5.75. The molecule has 0 aliphatic rings. The van der Waals surface area contributed by atoms with Gasteiger partial charge in [0.05, 0.1) is 0 Å². The maximum atomic E-state index is 13.3. The van der Waals surface area contributed by atoms with E-state index in [9.17, 15) is 35.5 Å². The van der Waals surface area contributed by atoms with Gasteiger partial charge in [-0.05, 0) is 32.5 Å². The second kappa shape index (κ2) is 14.3. The van der Waals surface area contributed by atoms with E-state index in [0.717, 1.165) is 25.3 Å². The normalized spacial score (nSPS) is 16.5. The molecule has 0 fully saturated rings. The van der Waals surface area contributed by atoms with Gasteiger partial charge in [0.15, 0.2) is 0 Å². The smallest absolute Gasteiger partial charge is 0.353 e. The molecule has 3 atom stereocenters. The zero-order chi connectivity index (χ0) is 27.4. The second-order valence-corrected chi connectivity index (χ2v) is 7.42. The van der Waals surface area contributed by atoms with Crippen molar-refractivity contribution in [1.29, 1.82) is 0 Å². The molecule has 0 radical (unpaired) electrons. The number of allylic oxidation sites excluding steroid dienone is 8. The summed E-state index contributed by atoms with van der Waals surface area (Å²) in [4.78, 5) is 15.9. The molecule has 196 valence electrons. The third kappa shape index (κ3) is 14.0. The Kier molecular flexibility index (Phi) is 13.0. The van der Waals surface area contributed by atoms with Gasteiger partial charge in [-0.15, -0.1) is 0 Å². The van der Waals surface area contributed by atoms with Gasteiger partial charge in [-0.25, -0.2) is 4.39 Å². The monoisotopic (exact) mass is 510 g/mol. The fourth-order valence-electron chi connectivity index (χ4n) is 2.50. The first-order valence-corrected chi connectivity index (χ1v) is 10.2. The number of hydrogen-bond acceptors (Lipinski definition) is 2. The number of carbonyl (C=O) groups is 1. The molecule has 0 spiro atoms. The van der Waals surface area contributed by atoms with Crippen molar-refractivity contribution in [3.05, 3.63) is 72.8 Å². The first-order valence-electron chi connectivity index (χ1n) is 10.2. The van der Waals surface area contributed by atoms with E-state index in [4.69, 9.17) is 0 Å². The number of guanidine groups is 1. The minimum atomic E-state index is -4.55. The van der Waals surface area contributed by atoms with Gasteiger partial charge < -0.3 is 16.0 Å². The number of amides is 1. The lowest BCUT2D eigenvalue weighted by Gasteiger charge is -2.31. The maximum Gasteiger partial charge on any atom is 0.409 e. The number of nitrogens with zero attached hydrogens (tertiary/aromatic N) is 1. The Labute approximate surface area is 199 Å². The molecule has 0 aromatic heterocycles. The van der Waals surface area contributed by atoms with Crippen molar-refractivity contribution in [2.45, 2.75) is 45.2 Å². The Hall–Kier alpha value is -3.15. The fourth-order valence-corrected chi connectivity index (χ4v) is 2.50. The van der Waals surface area contributed by atoms with Gasteiger partial charge in [-0.3, -0.25) is 4.79 Å². The van der Waals surface area contributed by atoms with Crippen molar-refractivity contribution in [3.63, 3.8) is 0 Å². The van der Waals surface area contributed by atoms with Crippen LogP contribution in [0.5, 0.6) is 0 Å². The van der Waals surface area contributed by atoms with Crippen LogP contribution in [-0.4, -0.2) is 43.4 Å². The van der Waals surface area contributed by atoms with Crippen LogP contribution in [-0.2, 0) is 4.79 Å². The van der Waals surface area contributed by atoms with E-state index in [2.05, 4.69) is 34.1 Å². The van der Waals surface area contributed by atoms with E-state index in [1.165, 1.54) is 32.9 Å². The molecule has 0 saturated heterocycles. The van der Waals surface area contributed by atoms with Crippen molar-refractivity contribution >= 4 is 11.9 Å². The lowest BCUT2D eigenvalue weighted by molar-refractivity contribution is -0.166. The molecule has 0 aliphatic heterocycles. The van der Waals surface area contributed by atoms with E-state index in [-0.39, 0.29) is 23.3 Å². The third-order valence-electron chi connectivity index (χ3n) is 4.55. The second-order valence-electron chi connectivity index (χ2n) is 7.42. The van der Waals surface area contributed by atoms with Crippen LogP contribution in [0, 0.1) is 5.92 Å². The van der Waals surface area contributed by atoms with Crippen molar-refractivity contribution in [3.8, 4) is 0 Å². The number of aliphatic imine (C=N–C) groups is 1. The van der Waals surface area contributed by atoms with Crippen LogP contribution in [0.2, 0.25) is 0 Å². The number of halogens is 7. The highest BCUT2D eigenvalue weighted by Gasteiger charge is 2.43. The van der Waals surface area contributed by atoms with Crippen LogP contribution >= 0.6 is 0 Å². The van der Waals surface area contributed by atoms with Crippen LogP contribution in [0.3, 0.4) is 0 Å². The minimum Gasteiger partial charge on any atom is -0.353 e. The summed E-state index contributed by atoms with van der Waals surface area (Å²) >= 11 is 0. The van der Waals surface area contributed by atoms with Gasteiger partial charge >= 0.3 is 12.4 Å². The number of carbonyl (C=O) groups excluding carboxylic acids is 1. The molecule has 5 nitrogen and oxygen atoms in total. The molecule has 35 heavy (non-hydrogen) atoms. The molecular formula is C23H29F7N4O. The Morgan fingerprint density at radius 3 is 2.09 bits per heavy atom. The van der Waals surface area contributed by atoms with Gasteiger partial charge in [0.1, 0.15) is 11.9 Å². The van der Waals surface area contributed by atoms with Crippen molar-refractivity contribution in [1.82, 2.24) is 16.0 Å². The van der Waals surface area contributed by atoms with Gasteiger partial charge in [0.25, 0.3) is 5.91 Å². The van der Waals surface area contributed by atoms with E-state index < -0.39 is 42.1 Å². The largest absolute Gasteiger partial charge is 0.409 e. The van der Waals surface area contributed by atoms with Gasteiger partial charge in [-0.2, -0.15) is 31.3 Å². The molecule has 3 N–H and O–H groups in total. The summed E-state index contributed by atoms with van der Waals surface area (Å²) in [5, 5.41) is 7.40. The van der Waals surface area contributed by atoms with Crippen LogP contribution in [0.25, 0.3) is 0 Å². The maximum absolute atomic E-state index is 13.3. The lowest BCUT2D eigenvalue weighted by Crippen LogP contribution is -2.54. The summed E-state index contributed by atoms with van der Waals surface area (Å²) in [6.45, 7) is 10.8. The molecule has 0 aliphatic carbocycles. The molecular weight excluding hydrogens is 481 g/mol. The topological polar surface area (TPSA) is 65.5 Å². The predicted molar refractivity (Wildman–Crippen MR) is 123 cm³/mol. The van der Waals surface area contributed by atoms with Crippen LogP contribution in [0.15, 0.2) is 77.8 Å². The van der Waals surface area contributed by atoms with Gasteiger partial charge in [0.2, 0.25) is 5.96 Å². The summed E-state index contributed by atoms with van der Waals surface area (Å²) in [6, 6.07) is -2.75. The quantitative estimate of drug-likeness (QED) is 0.121.